The number of benzene rings is 1. The molecule has 0 unspecified atom stereocenters. The van der Waals surface area contributed by atoms with Crippen LogP contribution in [0.5, 0.6) is 0 Å². The van der Waals surface area contributed by atoms with Gasteiger partial charge in [-0.3, -0.25) is 0 Å². The third kappa shape index (κ3) is 2.34. The summed E-state index contributed by atoms with van der Waals surface area (Å²) in [7, 11) is 0. The molecule has 0 bridgehead atoms. The minimum atomic E-state index is 0.572. The van der Waals surface area contributed by atoms with Crippen molar-refractivity contribution >= 4 is 28.9 Å². The molecular formula is C12H11Cl2NO. The smallest absolute Gasteiger partial charge is 0.125 e. The molecule has 1 heterocycles. The Balaban J connectivity index is 2.14. The fourth-order valence-corrected chi connectivity index (χ4v) is 1.95. The molecule has 0 aliphatic heterocycles. The third-order valence-electron chi connectivity index (χ3n) is 2.36. The zero-order chi connectivity index (χ0) is 11.5. The Labute approximate surface area is 104 Å². The van der Waals surface area contributed by atoms with Gasteiger partial charge in [0.05, 0.1) is 28.5 Å². The van der Waals surface area contributed by atoms with Gasteiger partial charge < -0.3 is 9.73 Å². The Bertz CT molecular complexity index is 473. The summed E-state index contributed by atoms with van der Waals surface area (Å²) in [6.45, 7) is 2.57. The van der Waals surface area contributed by atoms with E-state index in [9.17, 15) is 0 Å². The van der Waals surface area contributed by atoms with Gasteiger partial charge in [0.25, 0.3) is 0 Å². The first-order valence-electron chi connectivity index (χ1n) is 4.89. The molecule has 0 fully saturated rings. The van der Waals surface area contributed by atoms with Gasteiger partial charge in [-0.05, 0) is 30.7 Å². The van der Waals surface area contributed by atoms with Crippen LogP contribution in [0.3, 0.4) is 0 Å². The summed E-state index contributed by atoms with van der Waals surface area (Å²) in [5, 5.41) is 4.38. The molecule has 1 N–H and O–H groups in total. The van der Waals surface area contributed by atoms with Crippen molar-refractivity contribution in [1.82, 2.24) is 0 Å². The SMILES string of the molecule is Cc1ccoc1CNc1c(Cl)cccc1Cl. The minimum Gasteiger partial charge on any atom is -0.467 e. The summed E-state index contributed by atoms with van der Waals surface area (Å²) in [6.07, 6.45) is 1.67. The van der Waals surface area contributed by atoms with Crippen molar-refractivity contribution in [3.05, 3.63) is 51.9 Å². The van der Waals surface area contributed by atoms with Crippen LogP contribution < -0.4 is 5.32 Å². The maximum Gasteiger partial charge on any atom is 0.125 e. The van der Waals surface area contributed by atoms with E-state index in [1.165, 1.54) is 0 Å². The van der Waals surface area contributed by atoms with Crippen LogP contribution in [0.4, 0.5) is 5.69 Å². The highest BCUT2D eigenvalue weighted by atomic mass is 35.5. The Morgan fingerprint density at radius 2 is 1.88 bits per heavy atom. The first-order chi connectivity index (χ1) is 7.68. The van der Waals surface area contributed by atoms with E-state index in [4.69, 9.17) is 27.6 Å². The highest BCUT2D eigenvalue weighted by Gasteiger charge is 2.06. The van der Waals surface area contributed by atoms with E-state index in [0.29, 0.717) is 16.6 Å². The second-order valence-electron chi connectivity index (χ2n) is 3.48. The molecule has 1 aromatic carbocycles. The van der Waals surface area contributed by atoms with Gasteiger partial charge >= 0.3 is 0 Å². The highest BCUT2D eigenvalue weighted by Crippen LogP contribution is 2.30. The van der Waals surface area contributed by atoms with Crippen LogP contribution in [0, 0.1) is 6.92 Å². The summed E-state index contributed by atoms with van der Waals surface area (Å²) in [5.41, 5.74) is 1.84. The first kappa shape index (κ1) is 11.4. The van der Waals surface area contributed by atoms with E-state index in [1.54, 1.807) is 18.4 Å². The summed E-state index contributed by atoms with van der Waals surface area (Å²) in [5.74, 6) is 0.885. The summed E-state index contributed by atoms with van der Waals surface area (Å²) in [4.78, 5) is 0. The number of anilines is 1. The van der Waals surface area contributed by atoms with Crippen molar-refractivity contribution in [1.29, 1.82) is 0 Å². The predicted molar refractivity (Wildman–Crippen MR) is 67.2 cm³/mol. The van der Waals surface area contributed by atoms with Crippen LogP contribution in [0.15, 0.2) is 34.9 Å². The van der Waals surface area contributed by atoms with Crippen molar-refractivity contribution in [2.75, 3.05) is 5.32 Å². The molecule has 0 radical (unpaired) electrons. The van der Waals surface area contributed by atoms with Crippen molar-refractivity contribution in [3.63, 3.8) is 0 Å². The predicted octanol–water partition coefficient (Wildman–Crippen LogP) is 4.51. The van der Waals surface area contributed by atoms with Crippen LogP contribution in [0.25, 0.3) is 0 Å². The summed E-state index contributed by atoms with van der Waals surface area (Å²) < 4.78 is 5.32. The van der Waals surface area contributed by atoms with E-state index in [1.807, 2.05) is 19.1 Å². The molecule has 0 amide bonds. The number of hydrogen-bond acceptors (Lipinski definition) is 2. The molecule has 2 rings (SSSR count). The lowest BCUT2D eigenvalue weighted by molar-refractivity contribution is 0.515. The second-order valence-corrected chi connectivity index (χ2v) is 4.29. The molecule has 84 valence electrons. The molecule has 4 heteroatoms. The normalized spacial score (nSPS) is 10.4. The van der Waals surface area contributed by atoms with Crippen molar-refractivity contribution in [2.24, 2.45) is 0 Å². The monoisotopic (exact) mass is 255 g/mol. The molecule has 0 atom stereocenters. The first-order valence-corrected chi connectivity index (χ1v) is 5.65. The average Bonchev–Trinajstić information content (AvgIpc) is 2.64. The van der Waals surface area contributed by atoms with E-state index >= 15 is 0 Å². The number of hydrogen-bond donors (Lipinski definition) is 1. The van der Waals surface area contributed by atoms with Crippen molar-refractivity contribution in [3.8, 4) is 0 Å². The van der Waals surface area contributed by atoms with Crippen LogP contribution >= 0.6 is 23.2 Å². The highest BCUT2D eigenvalue weighted by molar-refractivity contribution is 6.39. The molecule has 0 aliphatic carbocycles. The number of para-hydroxylation sites is 1. The Hall–Kier alpha value is -1.12. The lowest BCUT2D eigenvalue weighted by atomic mass is 10.2. The molecule has 2 aromatic rings. The summed E-state index contributed by atoms with van der Waals surface area (Å²) >= 11 is 12.1. The van der Waals surface area contributed by atoms with Gasteiger partial charge in [0, 0.05) is 0 Å². The molecule has 1 aromatic heterocycles. The van der Waals surface area contributed by atoms with Gasteiger partial charge in [-0.1, -0.05) is 29.3 Å². The number of furan rings is 1. The van der Waals surface area contributed by atoms with E-state index in [-0.39, 0.29) is 0 Å². The van der Waals surface area contributed by atoms with Gasteiger partial charge in [0.15, 0.2) is 0 Å². The van der Waals surface area contributed by atoms with Crippen LogP contribution in [-0.2, 0) is 6.54 Å². The molecular weight excluding hydrogens is 245 g/mol. The van der Waals surface area contributed by atoms with E-state index in [2.05, 4.69) is 5.32 Å². The molecule has 0 spiro atoms. The number of nitrogens with one attached hydrogen (secondary N) is 1. The number of rotatable bonds is 3. The Morgan fingerprint density at radius 1 is 1.19 bits per heavy atom. The van der Waals surface area contributed by atoms with Crippen molar-refractivity contribution in [2.45, 2.75) is 13.5 Å². The molecule has 2 nitrogen and oxygen atoms in total. The average molecular weight is 256 g/mol. The largest absolute Gasteiger partial charge is 0.467 e. The topological polar surface area (TPSA) is 25.2 Å². The standard InChI is InChI=1S/C12H11Cl2NO/c1-8-5-6-16-11(8)7-15-12-9(13)3-2-4-10(12)14/h2-6,15H,7H2,1H3. The molecule has 16 heavy (non-hydrogen) atoms. The van der Waals surface area contributed by atoms with Crippen LogP contribution in [0.2, 0.25) is 10.0 Å². The second kappa shape index (κ2) is 4.81. The molecule has 0 aliphatic rings. The summed E-state index contributed by atoms with van der Waals surface area (Å²) in [6, 6.07) is 7.33. The Morgan fingerprint density at radius 3 is 2.44 bits per heavy atom. The molecule has 0 saturated carbocycles. The van der Waals surface area contributed by atoms with Gasteiger partial charge in [-0.2, -0.15) is 0 Å². The van der Waals surface area contributed by atoms with Gasteiger partial charge in [0.2, 0.25) is 0 Å². The Kier molecular flexibility index (Phi) is 3.42. The maximum atomic E-state index is 6.03. The minimum absolute atomic E-state index is 0.572. The quantitative estimate of drug-likeness (QED) is 0.874. The zero-order valence-electron chi connectivity index (χ0n) is 8.76. The van der Waals surface area contributed by atoms with Gasteiger partial charge in [0.1, 0.15) is 5.76 Å². The lowest BCUT2D eigenvalue weighted by Crippen LogP contribution is -2.00. The third-order valence-corrected chi connectivity index (χ3v) is 2.99. The van der Waals surface area contributed by atoms with E-state index < -0.39 is 0 Å². The fraction of sp³-hybridized carbons (Fsp3) is 0.167. The fourth-order valence-electron chi connectivity index (χ4n) is 1.42. The number of halogens is 2. The zero-order valence-corrected chi connectivity index (χ0v) is 10.3. The number of aryl methyl sites for hydroxylation is 1. The van der Waals surface area contributed by atoms with Crippen LogP contribution in [-0.4, -0.2) is 0 Å². The van der Waals surface area contributed by atoms with Crippen molar-refractivity contribution < 1.29 is 4.42 Å². The van der Waals surface area contributed by atoms with E-state index in [0.717, 1.165) is 17.0 Å². The van der Waals surface area contributed by atoms with Crippen LogP contribution in [0.1, 0.15) is 11.3 Å². The van der Waals surface area contributed by atoms with Gasteiger partial charge in [-0.15, -0.1) is 0 Å². The van der Waals surface area contributed by atoms with Gasteiger partial charge in [-0.25, -0.2) is 0 Å². The maximum absolute atomic E-state index is 6.03. The lowest BCUT2D eigenvalue weighted by Gasteiger charge is -2.09. The molecule has 0 saturated heterocycles.